The number of hydrogen-bond acceptors (Lipinski definition) is 3. The Morgan fingerprint density at radius 2 is 1.31 bits per heavy atom. The lowest BCUT2D eigenvalue weighted by Gasteiger charge is -2.33. The third-order valence-corrected chi connectivity index (χ3v) is 9.20. The topological polar surface area (TPSA) is 77.9 Å². The lowest BCUT2D eigenvalue weighted by Crippen LogP contribution is -2.42. The molecule has 2 heterocycles. The van der Waals surface area contributed by atoms with Gasteiger partial charge in [0.05, 0.1) is 11.5 Å². The maximum Gasteiger partial charge on any atom is 0.490 e. The average Bonchev–Trinajstić information content (AvgIpc) is 3.39. The van der Waals surface area contributed by atoms with E-state index in [0.29, 0.717) is 24.1 Å². The van der Waals surface area contributed by atoms with Crippen molar-refractivity contribution in [2.45, 2.75) is 82.4 Å². The molecule has 2 saturated heterocycles. The molecule has 15 heteroatoms. The van der Waals surface area contributed by atoms with Crippen LogP contribution in [0.15, 0.2) is 42.5 Å². The summed E-state index contributed by atoms with van der Waals surface area (Å²) in [7, 11) is 0. The summed E-state index contributed by atoms with van der Waals surface area (Å²) >= 11 is 0. The number of likely N-dealkylation sites (tertiary alicyclic amines) is 2. The van der Waals surface area contributed by atoms with Crippen LogP contribution in [-0.2, 0) is 22.2 Å². The zero-order chi connectivity index (χ0) is 35.4. The van der Waals surface area contributed by atoms with Gasteiger partial charge in [-0.15, -0.1) is 0 Å². The fourth-order valence-electron chi connectivity index (χ4n) is 6.57. The van der Waals surface area contributed by atoms with Crippen molar-refractivity contribution in [2.75, 3.05) is 19.6 Å². The van der Waals surface area contributed by atoms with E-state index in [1.165, 1.54) is 23.1 Å². The Balaban J connectivity index is 0.000000671. The van der Waals surface area contributed by atoms with E-state index in [2.05, 4.69) is 0 Å². The zero-order valence-corrected chi connectivity index (χ0v) is 25.7. The number of carbonyl (C=O) groups excluding carboxylic acids is 2. The van der Waals surface area contributed by atoms with Gasteiger partial charge in [-0.3, -0.25) is 9.59 Å². The molecule has 264 valence electrons. The van der Waals surface area contributed by atoms with Crippen molar-refractivity contribution in [3.8, 4) is 11.1 Å². The predicted molar refractivity (Wildman–Crippen MR) is 156 cm³/mol. The van der Waals surface area contributed by atoms with Gasteiger partial charge < -0.3 is 14.9 Å². The molecule has 5 rings (SSSR count). The smallest absolute Gasteiger partial charge is 0.475 e. The fourth-order valence-corrected chi connectivity index (χ4v) is 6.57. The Hall–Kier alpha value is -3.78. The quantitative estimate of drug-likeness (QED) is 0.321. The molecule has 0 spiro atoms. The van der Waals surface area contributed by atoms with E-state index in [0.717, 1.165) is 38.2 Å². The molecule has 2 amide bonds. The molecule has 48 heavy (non-hydrogen) atoms. The third kappa shape index (κ3) is 9.22. The first-order valence-corrected chi connectivity index (χ1v) is 15.6. The van der Waals surface area contributed by atoms with E-state index in [9.17, 15) is 49.1 Å². The van der Waals surface area contributed by atoms with E-state index in [1.807, 2.05) is 4.90 Å². The van der Waals surface area contributed by atoms with Crippen molar-refractivity contribution < 1.29 is 59.0 Å². The second kappa shape index (κ2) is 14.8. The minimum atomic E-state index is -5.08. The predicted octanol–water partition coefficient (Wildman–Crippen LogP) is 8.14. The molecular formula is C33H35F9N2O4. The molecule has 0 radical (unpaired) electrons. The number of hydrogen-bond donors (Lipinski definition) is 1. The number of carboxylic acid groups (broad SMARTS) is 1. The molecule has 2 aromatic carbocycles. The maximum atomic E-state index is 14.1. The van der Waals surface area contributed by atoms with Gasteiger partial charge in [0.15, 0.2) is 0 Å². The summed E-state index contributed by atoms with van der Waals surface area (Å²) in [6.45, 7) is 0.602. The largest absolute Gasteiger partial charge is 0.490 e. The maximum absolute atomic E-state index is 14.1. The van der Waals surface area contributed by atoms with Gasteiger partial charge in [0, 0.05) is 37.2 Å². The van der Waals surface area contributed by atoms with Crippen molar-refractivity contribution >= 4 is 17.8 Å². The second-order valence-electron chi connectivity index (χ2n) is 12.4. The SMILES string of the molecule is O=C(O)C(F)(F)F.O=C(c1ccc(-c2ccc(CC3CCN(C4CCCCC4)C3=O)c(C(F)(F)F)c2)cc1)N1CCC(C(F)(F)F)CC1. The zero-order valence-electron chi connectivity index (χ0n) is 25.7. The van der Waals surface area contributed by atoms with Crippen LogP contribution in [0, 0.1) is 11.8 Å². The number of carbonyl (C=O) groups is 3. The summed E-state index contributed by atoms with van der Waals surface area (Å²) in [5, 5.41) is 7.12. The van der Waals surface area contributed by atoms with Gasteiger partial charge in [-0.05, 0) is 73.4 Å². The Kier molecular flexibility index (Phi) is 11.4. The molecule has 3 fully saturated rings. The van der Waals surface area contributed by atoms with Crippen molar-refractivity contribution in [1.82, 2.24) is 9.80 Å². The Morgan fingerprint density at radius 1 is 0.750 bits per heavy atom. The molecule has 1 aliphatic carbocycles. The number of benzene rings is 2. The Morgan fingerprint density at radius 3 is 1.83 bits per heavy atom. The third-order valence-electron chi connectivity index (χ3n) is 9.20. The fraction of sp³-hybridized carbons (Fsp3) is 0.545. The van der Waals surface area contributed by atoms with Gasteiger partial charge in [0.1, 0.15) is 0 Å². The molecule has 2 aliphatic heterocycles. The van der Waals surface area contributed by atoms with Crippen LogP contribution in [0.3, 0.4) is 0 Å². The molecule has 6 nitrogen and oxygen atoms in total. The number of aliphatic carboxylic acids is 1. The molecule has 0 aromatic heterocycles. The Bertz CT molecular complexity index is 1440. The molecule has 1 saturated carbocycles. The highest BCUT2D eigenvalue weighted by Gasteiger charge is 2.42. The van der Waals surface area contributed by atoms with Gasteiger partial charge in [-0.25, -0.2) is 4.79 Å². The minimum absolute atomic E-state index is 0.00305. The number of carboxylic acids is 1. The van der Waals surface area contributed by atoms with Gasteiger partial charge in [-0.1, -0.05) is 43.5 Å². The highest BCUT2D eigenvalue weighted by Crippen LogP contribution is 2.38. The number of piperidine rings is 1. The Labute approximate surface area is 270 Å². The van der Waals surface area contributed by atoms with Crippen LogP contribution < -0.4 is 0 Å². The van der Waals surface area contributed by atoms with Gasteiger partial charge in [0.25, 0.3) is 5.91 Å². The summed E-state index contributed by atoms with van der Waals surface area (Å²) in [6.07, 6.45) is -8.43. The van der Waals surface area contributed by atoms with Crippen molar-refractivity contribution in [3.05, 3.63) is 59.2 Å². The molecule has 1 atom stereocenters. The molecule has 1 N–H and O–H groups in total. The highest BCUT2D eigenvalue weighted by atomic mass is 19.4. The van der Waals surface area contributed by atoms with E-state index in [4.69, 9.17) is 9.90 Å². The number of nitrogens with zero attached hydrogens (tertiary/aromatic N) is 2. The van der Waals surface area contributed by atoms with Crippen LogP contribution in [0.1, 0.15) is 72.9 Å². The van der Waals surface area contributed by atoms with Crippen molar-refractivity contribution in [1.29, 1.82) is 0 Å². The van der Waals surface area contributed by atoms with E-state index in [-0.39, 0.29) is 55.4 Å². The second-order valence-corrected chi connectivity index (χ2v) is 12.4. The average molecular weight is 695 g/mol. The van der Waals surface area contributed by atoms with Gasteiger partial charge in [0.2, 0.25) is 5.91 Å². The number of rotatable bonds is 5. The summed E-state index contributed by atoms with van der Waals surface area (Å²) in [6, 6.07) is 10.4. The number of halogens is 9. The summed E-state index contributed by atoms with van der Waals surface area (Å²) in [5.41, 5.74) is 0.405. The van der Waals surface area contributed by atoms with Crippen LogP contribution in [-0.4, -0.2) is 70.7 Å². The molecule has 1 unspecified atom stereocenters. The highest BCUT2D eigenvalue weighted by molar-refractivity contribution is 5.94. The normalized spacial score (nSPS) is 20.0. The van der Waals surface area contributed by atoms with E-state index >= 15 is 0 Å². The lowest BCUT2D eigenvalue weighted by atomic mass is 9.91. The van der Waals surface area contributed by atoms with Crippen molar-refractivity contribution in [2.24, 2.45) is 11.8 Å². The van der Waals surface area contributed by atoms with Crippen LogP contribution in [0.25, 0.3) is 11.1 Å². The van der Waals surface area contributed by atoms with E-state index < -0.39 is 47.8 Å². The van der Waals surface area contributed by atoms with Crippen molar-refractivity contribution in [3.63, 3.8) is 0 Å². The van der Waals surface area contributed by atoms with Crippen LogP contribution in [0.2, 0.25) is 0 Å². The van der Waals surface area contributed by atoms with Crippen LogP contribution >= 0.6 is 0 Å². The van der Waals surface area contributed by atoms with E-state index in [1.54, 1.807) is 18.2 Å². The minimum Gasteiger partial charge on any atom is -0.475 e. The first-order chi connectivity index (χ1) is 22.4. The van der Waals surface area contributed by atoms with Gasteiger partial charge in [-0.2, -0.15) is 39.5 Å². The molecule has 2 aromatic rings. The summed E-state index contributed by atoms with van der Waals surface area (Å²) in [5.74, 6) is -5.07. The number of amides is 2. The van der Waals surface area contributed by atoms with Crippen LogP contribution in [0.4, 0.5) is 39.5 Å². The van der Waals surface area contributed by atoms with Crippen LogP contribution in [0.5, 0.6) is 0 Å². The molecular weight excluding hydrogens is 659 g/mol. The van der Waals surface area contributed by atoms with Gasteiger partial charge >= 0.3 is 24.5 Å². The number of alkyl halides is 9. The molecule has 3 aliphatic rings. The monoisotopic (exact) mass is 694 g/mol. The first-order valence-electron chi connectivity index (χ1n) is 15.6. The standard InChI is InChI=1S/C31H34F6N2O2.C2HF3O2/c32-30(33,34)25-13-15-38(16-14-25)28(40)21-8-6-20(7-9-21)22-10-11-23(27(19-22)31(35,36)37)18-24-12-17-39(29(24)41)26-4-2-1-3-5-26;3-2(4,5)1(6)7/h6-11,19,24-26H,1-5,12-18H2;(H,6,7). The summed E-state index contributed by atoms with van der Waals surface area (Å²) in [4.78, 5) is 38.1. The summed E-state index contributed by atoms with van der Waals surface area (Å²) < 4.78 is 113. The lowest BCUT2D eigenvalue weighted by molar-refractivity contribution is -0.192. The first kappa shape index (κ1) is 37.0. The molecule has 0 bridgehead atoms.